The molecule has 0 aliphatic carbocycles. The van der Waals surface area contributed by atoms with Crippen LogP contribution in [0, 0.1) is 23.3 Å². The highest BCUT2D eigenvalue weighted by Crippen LogP contribution is 2.33. The van der Waals surface area contributed by atoms with Crippen molar-refractivity contribution < 1.29 is 17.6 Å². The van der Waals surface area contributed by atoms with Crippen molar-refractivity contribution in [1.29, 1.82) is 0 Å². The van der Waals surface area contributed by atoms with E-state index >= 15 is 0 Å². The van der Waals surface area contributed by atoms with E-state index in [1.165, 1.54) is 0 Å². The van der Waals surface area contributed by atoms with Gasteiger partial charge in [0, 0.05) is 11.6 Å². The van der Waals surface area contributed by atoms with Crippen molar-refractivity contribution in [2.45, 2.75) is 0 Å². The molecule has 0 heterocycles. The first-order valence-corrected chi connectivity index (χ1v) is 5.59. The van der Waals surface area contributed by atoms with E-state index < -0.39 is 40.1 Å². The van der Waals surface area contributed by atoms with Crippen LogP contribution in [-0.2, 0) is 0 Å². The minimum atomic E-state index is -1.00. The molecule has 0 spiro atoms. The van der Waals surface area contributed by atoms with E-state index in [4.69, 9.17) is 5.73 Å². The predicted molar refractivity (Wildman–Crippen MR) is 63.8 cm³/mol. The Balaban J connectivity index is 2.77. The van der Waals surface area contributed by atoms with E-state index in [1.54, 1.807) is 0 Å². The molecule has 0 atom stereocenters. The van der Waals surface area contributed by atoms with Gasteiger partial charge in [0.25, 0.3) is 0 Å². The van der Waals surface area contributed by atoms with E-state index in [0.717, 1.165) is 12.1 Å². The molecule has 0 amide bonds. The summed E-state index contributed by atoms with van der Waals surface area (Å²) >= 11 is 2.85. The average Bonchev–Trinajstić information content (AvgIpc) is 2.31. The molecule has 0 aromatic heterocycles. The maximum atomic E-state index is 13.8. The average molecular weight is 320 g/mol. The minimum Gasteiger partial charge on any atom is -0.396 e. The number of anilines is 1. The van der Waals surface area contributed by atoms with E-state index in [0.29, 0.717) is 12.1 Å². The van der Waals surface area contributed by atoms with E-state index in [9.17, 15) is 17.6 Å². The van der Waals surface area contributed by atoms with Crippen molar-refractivity contribution in [2.24, 2.45) is 0 Å². The molecule has 0 unspecified atom stereocenters. The van der Waals surface area contributed by atoms with Gasteiger partial charge in [0.15, 0.2) is 0 Å². The van der Waals surface area contributed by atoms with Crippen LogP contribution >= 0.6 is 15.9 Å². The second-order valence-electron chi connectivity index (χ2n) is 3.57. The largest absolute Gasteiger partial charge is 0.396 e. The van der Waals surface area contributed by atoms with Gasteiger partial charge < -0.3 is 5.73 Å². The maximum Gasteiger partial charge on any atom is 0.148 e. The molecular formula is C12H6BrF4N. The summed E-state index contributed by atoms with van der Waals surface area (Å²) < 4.78 is 54.1. The van der Waals surface area contributed by atoms with Gasteiger partial charge in [-0.2, -0.15) is 0 Å². The summed E-state index contributed by atoms with van der Waals surface area (Å²) in [6.07, 6.45) is 0. The molecule has 2 aromatic rings. The van der Waals surface area contributed by atoms with Crippen LogP contribution in [0.5, 0.6) is 0 Å². The van der Waals surface area contributed by atoms with Gasteiger partial charge in [-0.1, -0.05) is 0 Å². The first kappa shape index (κ1) is 12.9. The van der Waals surface area contributed by atoms with Crippen LogP contribution in [0.25, 0.3) is 11.1 Å². The van der Waals surface area contributed by atoms with Crippen LogP contribution in [0.1, 0.15) is 0 Å². The number of benzene rings is 2. The molecule has 18 heavy (non-hydrogen) atoms. The van der Waals surface area contributed by atoms with Gasteiger partial charge in [0.05, 0.1) is 15.7 Å². The zero-order chi connectivity index (χ0) is 13.4. The highest BCUT2D eigenvalue weighted by molar-refractivity contribution is 9.10. The van der Waals surface area contributed by atoms with Gasteiger partial charge in [0.1, 0.15) is 23.3 Å². The highest BCUT2D eigenvalue weighted by atomic mass is 79.9. The quantitative estimate of drug-likeness (QED) is 0.474. The van der Waals surface area contributed by atoms with Crippen molar-refractivity contribution in [2.75, 3.05) is 5.73 Å². The standard InChI is InChI=1S/C12H6BrF4N/c13-6-1-2-7(14)11(12(6)17)5-3-9(16)10(18)4-8(5)15/h1-4H,18H2. The zero-order valence-corrected chi connectivity index (χ0v) is 10.4. The van der Waals surface area contributed by atoms with Gasteiger partial charge in [-0.05, 0) is 34.1 Å². The minimum absolute atomic E-state index is 0.0458. The van der Waals surface area contributed by atoms with Crippen LogP contribution < -0.4 is 5.73 Å². The van der Waals surface area contributed by atoms with Gasteiger partial charge in [-0.15, -0.1) is 0 Å². The Morgan fingerprint density at radius 2 is 1.56 bits per heavy atom. The number of nitrogen functional groups attached to an aromatic ring is 1. The maximum absolute atomic E-state index is 13.8. The van der Waals surface area contributed by atoms with Crippen LogP contribution in [0.4, 0.5) is 23.2 Å². The SMILES string of the molecule is Nc1cc(F)c(-c2c(F)ccc(Br)c2F)cc1F. The molecule has 0 saturated carbocycles. The first-order chi connectivity index (χ1) is 8.41. The molecule has 0 radical (unpaired) electrons. The van der Waals surface area contributed by atoms with Gasteiger partial charge in [0.2, 0.25) is 0 Å². The Morgan fingerprint density at radius 3 is 2.22 bits per heavy atom. The smallest absolute Gasteiger partial charge is 0.148 e. The molecule has 0 fully saturated rings. The second-order valence-corrected chi connectivity index (χ2v) is 4.43. The summed E-state index contributed by atoms with van der Waals surface area (Å²) in [6.45, 7) is 0. The summed E-state index contributed by atoms with van der Waals surface area (Å²) in [5, 5.41) is 0. The lowest BCUT2D eigenvalue weighted by Gasteiger charge is -2.09. The monoisotopic (exact) mass is 319 g/mol. The summed E-state index contributed by atoms with van der Waals surface area (Å²) in [5.41, 5.74) is 3.58. The van der Waals surface area contributed by atoms with E-state index in [1.807, 2.05) is 0 Å². The predicted octanol–water partition coefficient (Wildman–Crippen LogP) is 4.25. The van der Waals surface area contributed by atoms with Crippen LogP contribution in [0.3, 0.4) is 0 Å². The van der Waals surface area contributed by atoms with Crippen molar-refractivity contribution >= 4 is 21.6 Å². The van der Waals surface area contributed by atoms with Crippen LogP contribution in [0.15, 0.2) is 28.7 Å². The fraction of sp³-hybridized carbons (Fsp3) is 0. The lowest BCUT2D eigenvalue weighted by molar-refractivity contribution is 0.575. The molecule has 0 aliphatic rings. The van der Waals surface area contributed by atoms with Crippen molar-refractivity contribution in [1.82, 2.24) is 0 Å². The molecule has 0 aliphatic heterocycles. The molecule has 0 saturated heterocycles. The second kappa shape index (κ2) is 4.61. The third-order valence-corrected chi connectivity index (χ3v) is 3.01. The summed E-state index contributed by atoms with van der Waals surface area (Å²) in [6, 6.07) is 3.44. The number of rotatable bonds is 1. The molecule has 2 rings (SSSR count). The van der Waals surface area contributed by atoms with Crippen LogP contribution in [0.2, 0.25) is 0 Å². The Bertz CT molecular complexity index is 628. The number of hydrogen-bond acceptors (Lipinski definition) is 1. The van der Waals surface area contributed by atoms with Crippen LogP contribution in [-0.4, -0.2) is 0 Å². The summed E-state index contributed by atoms with van der Waals surface area (Å²) in [4.78, 5) is 0. The molecule has 0 bridgehead atoms. The first-order valence-electron chi connectivity index (χ1n) is 4.80. The summed E-state index contributed by atoms with van der Waals surface area (Å²) in [5.74, 6) is -3.92. The normalized spacial score (nSPS) is 10.7. The fourth-order valence-electron chi connectivity index (χ4n) is 1.53. The van der Waals surface area contributed by atoms with E-state index in [-0.39, 0.29) is 4.47 Å². The molecule has 94 valence electrons. The van der Waals surface area contributed by atoms with Gasteiger partial charge >= 0.3 is 0 Å². The third-order valence-electron chi connectivity index (χ3n) is 2.40. The number of halogens is 5. The zero-order valence-electron chi connectivity index (χ0n) is 8.78. The lowest BCUT2D eigenvalue weighted by Crippen LogP contribution is -1.98. The van der Waals surface area contributed by atoms with Gasteiger partial charge in [-0.3, -0.25) is 0 Å². The Morgan fingerprint density at radius 1 is 0.889 bits per heavy atom. The molecule has 2 aromatic carbocycles. The molecule has 1 nitrogen and oxygen atoms in total. The Kier molecular flexibility index (Phi) is 3.30. The molecule has 2 N–H and O–H groups in total. The number of nitrogens with two attached hydrogens (primary N) is 1. The van der Waals surface area contributed by atoms with Crippen molar-refractivity contribution in [3.05, 3.63) is 52.0 Å². The Hall–Kier alpha value is -1.56. The number of hydrogen-bond donors (Lipinski definition) is 1. The van der Waals surface area contributed by atoms with Gasteiger partial charge in [-0.25, -0.2) is 17.6 Å². The lowest BCUT2D eigenvalue weighted by atomic mass is 10.0. The third kappa shape index (κ3) is 2.08. The summed E-state index contributed by atoms with van der Waals surface area (Å²) in [7, 11) is 0. The fourth-order valence-corrected chi connectivity index (χ4v) is 1.86. The topological polar surface area (TPSA) is 26.0 Å². The van der Waals surface area contributed by atoms with E-state index in [2.05, 4.69) is 15.9 Å². The Labute approximate surface area is 108 Å². The highest BCUT2D eigenvalue weighted by Gasteiger charge is 2.19. The van der Waals surface area contributed by atoms with Crippen molar-refractivity contribution in [3.8, 4) is 11.1 Å². The molecular weight excluding hydrogens is 314 g/mol. The molecule has 6 heteroatoms. The van der Waals surface area contributed by atoms with Crippen molar-refractivity contribution in [3.63, 3.8) is 0 Å².